The molecule has 67 heavy (non-hydrogen) atoms. The van der Waals surface area contributed by atoms with Gasteiger partial charge in [-0.15, -0.1) is 0 Å². The van der Waals surface area contributed by atoms with E-state index in [0.29, 0.717) is 39.4 Å². The largest absolute Gasteiger partial charge is 0.238 e. The Bertz CT molecular complexity index is 3190. The number of nitriles is 2. The van der Waals surface area contributed by atoms with Crippen LogP contribution in [0.15, 0.2) is 91.0 Å². The number of allylic oxidation sites excluding steroid dienone is 2. The molecule has 5 aromatic rings. The summed E-state index contributed by atoms with van der Waals surface area (Å²) in [6.45, 7) is 51.1. The lowest BCUT2D eigenvalue weighted by Crippen LogP contribution is -2.12. The molecule has 0 amide bonds. The van der Waals surface area contributed by atoms with Gasteiger partial charge in [0.1, 0.15) is 0 Å². The molecule has 5 aromatic carbocycles. The number of rotatable bonds is 0. The molecular weight excluding hydrogens is 930 g/mol. The molecule has 6 heteroatoms. The first-order chi connectivity index (χ1) is 31.3. The molecule has 0 atom stereocenters. The van der Waals surface area contributed by atoms with Crippen molar-refractivity contribution in [2.75, 3.05) is 0 Å². The van der Waals surface area contributed by atoms with Gasteiger partial charge in [0.15, 0.2) is 17.1 Å². The summed E-state index contributed by atoms with van der Waals surface area (Å²) in [5, 5.41) is 21.6. The normalized spacial score (nSPS) is 13.5. The van der Waals surface area contributed by atoms with Crippen molar-refractivity contribution >= 4 is 81.2 Å². The highest BCUT2D eigenvalue weighted by molar-refractivity contribution is 14.1. The van der Waals surface area contributed by atoms with Crippen LogP contribution >= 0.6 is 22.6 Å². The number of nitrogens with zero attached hydrogens (tertiary/aromatic N) is 5. The fraction of sp³-hybridized carbons (Fsp3) is 0.262. The molecule has 1 aliphatic carbocycles. The zero-order chi connectivity index (χ0) is 49.2. The predicted octanol–water partition coefficient (Wildman–Crippen LogP) is 17.2. The van der Waals surface area contributed by atoms with Gasteiger partial charge in [-0.05, 0) is 183 Å². The molecule has 0 saturated heterocycles. The van der Waals surface area contributed by atoms with E-state index in [4.69, 9.17) is 19.7 Å². The smallest absolute Gasteiger partial charge is 0.194 e. The van der Waals surface area contributed by atoms with Crippen molar-refractivity contribution in [3.05, 3.63) is 207 Å². The van der Waals surface area contributed by atoms with E-state index in [1.807, 2.05) is 72.8 Å². The van der Waals surface area contributed by atoms with Gasteiger partial charge in [0.25, 0.3) is 0 Å². The van der Waals surface area contributed by atoms with Gasteiger partial charge in [0.2, 0.25) is 0 Å². The van der Waals surface area contributed by atoms with Crippen molar-refractivity contribution in [1.29, 1.82) is 10.5 Å². The molecule has 0 heterocycles. The van der Waals surface area contributed by atoms with Crippen molar-refractivity contribution < 1.29 is 0 Å². The van der Waals surface area contributed by atoms with E-state index in [1.165, 1.54) is 0 Å². The third-order valence-electron chi connectivity index (χ3n) is 11.8. The second-order valence-electron chi connectivity index (χ2n) is 21.4. The molecule has 10 bridgehead atoms. The van der Waals surface area contributed by atoms with Gasteiger partial charge in [0, 0.05) is 3.57 Å². The van der Waals surface area contributed by atoms with Crippen LogP contribution < -0.4 is 0 Å². The first kappa shape index (κ1) is 49.4. The highest BCUT2D eigenvalue weighted by Crippen LogP contribution is 2.37. The Labute approximate surface area is 412 Å². The Kier molecular flexibility index (Phi) is 14.1. The third kappa shape index (κ3) is 11.9. The van der Waals surface area contributed by atoms with E-state index in [1.54, 1.807) is 0 Å². The zero-order valence-electron chi connectivity index (χ0n) is 40.7. The van der Waals surface area contributed by atoms with Crippen molar-refractivity contribution in [3.63, 3.8) is 0 Å². The summed E-state index contributed by atoms with van der Waals surface area (Å²) in [5.74, 6) is 0. The first-order valence-electron chi connectivity index (χ1n) is 22.3. The van der Waals surface area contributed by atoms with E-state index in [2.05, 4.69) is 181 Å². The van der Waals surface area contributed by atoms with Crippen LogP contribution in [0.1, 0.15) is 161 Å². The Hall–Kier alpha value is -7.02. The molecule has 0 N–H and O–H groups in total. The zero-order valence-corrected chi connectivity index (χ0v) is 42.8. The van der Waals surface area contributed by atoms with Crippen molar-refractivity contribution in [2.24, 2.45) is 0 Å². The lowest BCUT2D eigenvalue weighted by Gasteiger charge is -2.22. The van der Waals surface area contributed by atoms with Crippen LogP contribution in [-0.2, 0) is 21.7 Å². The molecule has 0 aromatic heterocycles. The summed E-state index contributed by atoms with van der Waals surface area (Å²) in [4.78, 5) is 12.3. The highest BCUT2D eigenvalue weighted by Gasteiger charge is 2.22. The Morgan fingerprint density at radius 2 is 0.612 bits per heavy atom. The van der Waals surface area contributed by atoms with E-state index in [0.717, 1.165) is 70.3 Å². The fourth-order valence-corrected chi connectivity index (χ4v) is 8.53. The van der Waals surface area contributed by atoms with Crippen LogP contribution in [0, 0.1) is 45.9 Å². The lowest BCUT2D eigenvalue weighted by molar-refractivity contribution is 0.589. The fourth-order valence-electron chi connectivity index (χ4n) is 7.83. The van der Waals surface area contributed by atoms with Gasteiger partial charge in [-0.1, -0.05) is 144 Å². The van der Waals surface area contributed by atoms with Crippen LogP contribution in [0.3, 0.4) is 0 Å². The average molecular weight is 986 g/mol. The quantitative estimate of drug-likeness (QED) is 0.115. The maximum absolute atomic E-state index is 10.9. The Balaban J connectivity index is 1.77. The van der Waals surface area contributed by atoms with Gasteiger partial charge in [-0.25, -0.2) is 14.5 Å². The molecule has 0 fully saturated rings. The van der Waals surface area contributed by atoms with E-state index in [-0.39, 0.29) is 21.7 Å². The van der Waals surface area contributed by atoms with Crippen LogP contribution in [-0.4, -0.2) is 0 Å². The Morgan fingerprint density at radius 3 is 0.896 bits per heavy atom. The lowest BCUT2D eigenvalue weighted by atomic mass is 9.83. The molecule has 6 rings (SSSR count). The average Bonchev–Trinajstić information content (AvgIpc) is 3.25. The first-order valence-corrected chi connectivity index (χ1v) is 23.4. The molecule has 0 radical (unpaired) electrons. The minimum atomic E-state index is -0.281. The molecular formula is C61H56IN5. The third-order valence-corrected chi connectivity index (χ3v) is 12.5. The van der Waals surface area contributed by atoms with Gasteiger partial charge >= 0.3 is 0 Å². The summed E-state index contributed by atoms with van der Waals surface area (Å²) in [7, 11) is 0. The number of halogens is 1. The summed E-state index contributed by atoms with van der Waals surface area (Å²) >= 11 is 2.26. The van der Waals surface area contributed by atoms with Gasteiger partial charge in [-0.3, -0.25) is 0 Å². The SMILES string of the molecule is [C-]#[N+]C1=Cc2cc(I)cc(c2)C(C#N)=Cc2cc(cc(C(C)(C)C)c2)C(C#N)=Cc2cc(cc(C(C)(C)C)c2)C([N+]#[C-])=Cc2cc(cc(C(C)(C)C)c2)C([N+]#[C-])=Cc2cc1cc(C(C)(C)C)c2. The van der Waals surface area contributed by atoms with Crippen molar-refractivity contribution in [3.8, 4) is 12.1 Å². The monoisotopic (exact) mass is 985 g/mol. The minimum absolute atomic E-state index is 0.272. The summed E-state index contributed by atoms with van der Waals surface area (Å²) in [6.07, 6.45) is 9.42. The van der Waals surface area contributed by atoms with Crippen LogP contribution in [0.2, 0.25) is 0 Å². The van der Waals surface area contributed by atoms with Gasteiger partial charge in [0.05, 0.1) is 43.0 Å². The maximum Gasteiger partial charge on any atom is 0.194 e. The molecule has 332 valence electrons. The minimum Gasteiger partial charge on any atom is -0.238 e. The summed E-state index contributed by atoms with van der Waals surface area (Å²) in [5.41, 5.74) is 12.6. The van der Waals surface area contributed by atoms with Crippen LogP contribution in [0.25, 0.3) is 73.2 Å². The maximum atomic E-state index is 10.9. The molecule has 5 nitrogen and oxygen atoms in total. The Morgan fingerprint density at radius 1 is 0.358 bits per heavy atom. The molecule has 0 aliphatic heterocycles. The van der Waals surface area contributed by atoms with E-state index in [9.17, 15) is 10.5 Å². The molecule has 0 saturated carbocycles. The topological polar surface area (TPSA) is 60.7 Å². The molecule has 0 spiro atoms. The molecule has 1 aliphatic rings. The standard InChI is InChI=1S/C61H56IN5/c1-58(2,3)50-23-38-16-43(31-50)48(36-63)22-39-18-45(32-51(24-39)59(4,5)6)55(65-13)28-40-19-46(33-52(25-40)60(7,8)9)56(66-14)29-41-20-47(34-53(26-41)61(10,11)12)57(67-15)30-42-17-44(35-54(62)27-42)49(21-38)37-64/h16-35H,1-12H3. The van der Waals surface area contributed by atoms with Crippen LogP contribution in [0.5, 0.6) is 0 Å². The van der Waals surface area contributed by atoms with Crippen molar-refractivity contribution in [1.82, 2.24) is 0 Å². The summed E-state index contributed by atoms with van der Waals surface area (Å²) < 4.78 is 0.904. The molecule has 0 unspecified atom stereocenters. The number of fused-ring (bicyclic) bond motifs is 10. The number of hydrogen-bond acceptors (Lipinski definition) is 2. The van der Waals surface area contributed by atoms with E-state index < -0.39 is 0 Å². The van der Waals surface area contributed by atoms with E-state index >= 15 is 0 Å². The van der Waals surface area contributed by atoms with Gasteiger partial charge in [-0.2, -0.15) is 10.5 Å². The number of hydrogen-bond donors (Lipinski definition) is 0. The van der Waals surface area contributed by atoms with Crippen molar-refractivity contribution in [2.45, 2.75) is 105 Å². The second-order valence-corrected chi connectivity index (χ2v) is 22.7. The predicted molar refractivity (Wildman–Crippen MR) is 290 cm³/mol. The highest BCUT2D eigenvalue weighted by atomic mass is 127. The summed E-state index contributed by atoms with van der Waals surface area (Å²) in [6, 6.07) is 35.3. The number of benzene rings is 5. The van der Waals surface area contributed by atoms with Gasteiger partial charge < -0.3 is 0 Å². The van der Waals surface area contributed by atoms with Crippen LogP contribution in [0.4, 0.5) is 0 Å². The second kappa shape index (κ2) is 19.1.